The first-order valence-corrected chi connectivity index (χ1v) is 7.50. The number of rotatable bonds is 4. The van der Waals surface area contributed by atoms with E-state index in [0.717, 1.165) is 21.6 Å². The lowest BCUT2D eigenvalue weighted by atomic mass is 10.1. The van der Waals surface area contributed by atoms with Gasteiger partial charge in [-0.25, -0.2) is 4.79 Å². The maximum absolute atomic E-state index is 12.0. The van der Waals surface area contributed by atoms with E-state index in [1.807, 2.05) is 42.3 Å². The summed E-state index contributed by atoms with van der Waals surface area (Å²) in [6.07, 6.45) is 5.70. The monoisotopic (exact) mass is 341 g/mol. The summed E-state index contributed by atoms with van der Waals surface area (Å²) in [5.41, 5.74) is 0.688. The molecule has 1 aromatic carbocycles. The van der Waals surface area contributed by atoms with Gasteiger partial charge in [-0.05, 0) is 30.4 Å². The zero-order chi connectivity index (χ0) is 18.6. The number of barbiturate groups is 1. The van der Waals surface area contributed by atoms with E-state index in [9.17, 15) is 19.5 Å². The van der Waals surface area contributed by atoms with Crippen LogP contribution in [0.3, 0.4) is 0 Å². The van der Waals surface area contributed by atoms with Crippen molar-refractivity contribution < 1.29 is 19.5 Å². The first-order valence-electron chi connectivity index (χ1n) is 7.50. The van der Waals surface area contributed by atoms with Crippen molar-refractivity contribution in [3.63, 3.8) is 0 Å². The summed E-state index contributed by atoms with van der Waals surface area (Å²) in [7, 11) is 4.40. The molecule has 130 valence electrons. The quantitative estimate of drug-likeness (QED) is 0.392. The zero-order valence-corrected chi connectivity index (χ0v) is 14.2. The van der Waals surface area contributed by atoms with Crippen molar-refractivity contribution in [1.82, 2.24) is 9.80 Å². The van der Waals surface area contributed by atoms with Gasteiger partial charge in [0.15, 0.2) is 0 Å². The number of aliphatic hydroxyl groups is 1. The molecule has 0 saturated carbocycles. The SMILES string of the molecule is CN1C(=O)C(=C/C(O)=C\C=C\N(C)c2ccccc2)C(=O)N(C)C1=O. The minimum absolute atomic E-state index is 0.273. The number of aliphatic hydroxyl groups excluding tert-OH is 1. The van der Waals surface area contributed by atoms with Crippen LogP contribution in [0.5, 0.6) is 0 Å². The van der Waals surface area contributed by atoms with E-state index in [0.29, 0.717) is 0 Å². The smallest absolute Gasteiger partial charge is 0.333 e. The Balaban J connectivity index is 2.15. The Labute approximate surface area is 145 Å². The summed E-state index contributed by atoms with van der Waals surface area (Å²) in [4.78, 5) is 39.2. The van der Waals surface area contributed by atoms with Crippen molar-refractivity contribution in [1.29, 1.82) is 0 Å². The summed E-state index contributed by atoms with van der Waals surface area (Å²) >= 11 is 0. The molecule has 0 unspecified atom stereocenters. The van der Waals surface area contributed by atoms with Gasteiger partial charge in [-0.15, -0.1) is 0 Å². The Morgan fingerprint density at radius 3 is 2.16 bits per heavy atom. The number of carbonyl (C=O) groups excluding carboxylic acids is 3. The Hall–Kier alpha value is -3.35. The molecule has 1 fully saturated rings. The van der Waals surface area contributed by atoms with E-state index in [1.54, 1.807) is 12.3 Å². The van der Waals surface area contributed by atoms with Crippen molar-refractivity contribution >= 4 is 23.5 Å². The van der Waals surface area contributed by atoms with Crippen LogP contribution in [0, 0.1) is 0 Å². The number of likely N-dealkylation sites (N-methyl/N-ethyl adjacent to an activating group) is 2. The molecule has 1 N–H and O–H groups in total. The van der Waals surface area contributed by atoms with Crippen molar-refractivity contribution in [2.75, 3.05) is 26.0 Å². The predicted molar refractivity (Wildman–Crippen MR) is 93.7 cm³/mol. The molecule has 1 aliphatic heterocycles. The molecule has 0 atom stereocenters. The number of nitrogens with zero attached hydrogens (tertiary/aromatic N) is 3. The topological polar surface area (TPSA) is 81.2 Å². The predicted octanol–water partition coefficient (Wildman–Crippen LogP) is 2.06. The van der Waals surface area contributed by atoms with Crippen LogP contribution in [0.4, 0.5) is 10.5 Å². The molecule has 2 rings (SSSR count). The number of allylic oxidation sites excluding steroid dienone is 3. The van der Waals surface area contributed by atoms with Gasteiger partial charge in [0.05, 0.1) is 0 Å². The standard InChI is InChI=1S/C18H19N3O4/c1-19(13-8-5-4-6-9-13)11-7-10-14(22)12-15-16(23)20(2)18(25)21(3)17(15)24/h4-12,22H,1-3H3/b11-7+,14-10+. The van der Waals surface area contributed by atoms with Crippen LogP contribution >= 0.6 is 0 Å². The lowest BCUT2D eigenvalue weighted by Crippen LogP contribution is -2.53. The maximum atomic E-state index is 12.0. The van der Waals surface area contributed by atoms with Gasteiger partial charge in [0.25, 0.3) is 11.8 Å². The molecule has 0 bridgehead atoms. The first kappa shape index (κ1) is 18.0. The Bertz CT molecular complexity index is 755. The van der Waals surface area contributed by atoms with Crippen LogP contribution in [0.15, 0.2) is 66.1 Å². The summed E-state index contributed by atoms with van der Waals surface area (Å²) in [6.45, 7) is 0. The number of benzene rings is 1. The molecular formula is C18H19N3O4. The van der Waals surface area contributed by atoms with Gasteiger partial charge in [-0.1, -0.05) is 18.2 Å². The molecular weight excluding hydrogens is 322 g/mol. The average Bonchev–Trinajstić information content (AvgIpc) is 2.62. The van der Waals surface area contributed by atoms with Gasteiger partial charge < -0.3 is 10.0 Å². The average molecular weight is 341 g/mol. The van der Waals surface area contributed by atoms with Crippen LogP contribution in [0.2, 0.25) is 0 Å². The van der Waals surface area contributed by atoms with Crippen LogP contribution < -0.4 is 4.90 Å². The lowest BCUT2D eigenvalue weighted by Gasteiger charge is -2.28. The number of amides is 4. The summed E-state index contributed by atoms with van der Waals surface area (Å²) < 4.78 is 0. The van der Waals surface area contributed by atoms with Gasteiger partial charge in [-0.3, -0.25) is 19.4 Å². The zero-order valence-electron chi connectivity index (χ0n) is 14.2. The van der Waals surface area contributed by atoms with Gasteiger partial charge in [-0.2, -0.15) is 0 Å². The largest absolute Gasteiger partial charge is 0.508 e. The number of imide groups is 2. The Morgan fingerprint density at radius 2 is 1.60 bits per heavy atom. The molecule has 0 radical (unpaired) electrons. The van der Waals surface area contributed by atoms with E-state index in [-0.39, 0.29) is 11.3 Å². The summed E-state index contributed by atoms with van der Waals surface area (Å²) in [6, 6.07) is 8.88. The third kappa shape index (κ3) is 3.95. The fourth-order valence-corrected chi connectivity index (χ4v) is 2.19. The fourth-order valence-electron chi connectivity index (χ4n) is 2.19. The van der Waals surface area contributed by atoms with Gasteiger partial charge in [0.1, 0.15) is 11.3 Å². The second-order valence-electron chi connectivity index (χ2n) is 5.45. The number of hydrogen-bond donors (Lipinski definition) is 1. The molecule has 0 aromatic heterocycles. The molecule has 4 amide bonds. The number of para-hydroxylation sites is 1. The summed E-state index contributed by atoms with van der Waals surface area (Å²) in [5, 5.41) is 9.95. The second-order valence-corrected chi connectivity index (χ2v) is 5.45. The molecule has 1 saturated heterocycles. The Morgan fingerprint density at radius 1 is 1.04 bits per heavy atom. The molecule has 25 heavy (non-hydrogen) atoms. The van der Waals surface area contributed by atoms with Crippen LogP contribution in [0.1, 0.15) is 0 Å². The highest BCUT2D eigenvalue weighted by atomic mass is 16.3. The first-order chi connectivity index (χ1) is 11.8. The molecule has 7 nitrogen and oxygen atoms in total. The third-order valence-corrected chi connectivity index (χ3v) is 3.68. The van der Waals surface area contributed by atoms with Crippen molar-refractivity contribution in [2.45, 2.75) is 0 Å². The highest BCUT2D eigenvalue weighted by molar-refractivity contribution is 6.28. The van der Waals surface area contributed by atoms with E-state index in [4.69, 9.17) is 0 Å². The minimum atomic E-state index is -0.751. The van der Waals surface area contributed by atoms with Gasteiger partial charge in [0.2, 0.25) is 0 Å². The van der Waals surface area contributed by atoms with Crippen LogP contribution in [-0.4, -0.2) is 53.9 Å². The molecule has 0 aliphatic carbocycles. The molecule has 1 heterocycles. The van der Waals surface area contributed by atoms with Crippen LogP contribution in [0.25, 0.3) is 0 Å². The van der Waals surface area contributed by atoms with E-state index < -0.39 is 17.8 Å². The number of hydrogen-bond acceptors (Lipinski definition) is 5. The van der Waals surface area contributed by atoms with E-state index in [1.165, 1.54) is 20.2 Å². The summed E-state index contributed by atoms with van der Waals surface area (Å²) in [5.74, 6) is -1.78. The van der Waals surface area contributed by atoms with Gasteiger partial charge in [0, 0.05) is 33.0 Å². The molecule has 0 spiro atoms. The van der Waals surface area contributed by atoms with Crippen molar-refractivity contribution in [2.24, 2.45) is 0 Å². The fraction of sp³-hybridized carbons (Fsp3) is 0.167. The number of anilines is 1. The van der Waals surface area contributed by atoms with E-state index >= 15 is 0 Å². The lowest BCUT2D eigenvalue weighted by molar-refractivity contribution is -0.134. The second kappa shape index (κ2) is 7.48. The number of urea groups is 1. The molecule has 1 aromatic rings. The van der Waals surface area contributed by atoms with Crippen molar-refractivity contribution in [3.05, 3.63) is 66.1 Å². The van der Waals surface area contributed by atoms with E-state index in [2.05, 4.69) is 0 Å². The van der Waals surface area contributed by atoms with Crippen LogP contribution in [-0.2, 0) is 9.59 Å². The van der Waals surface area contributed by atoms with Crippen molar-refractivity contribution in [3.8, 4) is 0 Å². The maximum Gasteiger partial charge on any atom is 0.333 e. The minimum Gasteiger partial charge on any atom is -0.508 e. The molecule has 7 heteroatoms. The van der Waals surface area contributed by atoms with Gasteiger partial charge >= 0.3 is 6.03 Å². The third-order valence-electron chi connectivity index (χ3n) is 3.68. The number of carbonyl (C=O) groups is 3. The highest BCUT2D eigenvalue weighted by Gasteiger charge is 2.37. The normalized spacial score (nSPS) is 16.0. The molecule has 1 aliphatic rings. The Kier molecular flexibility index (Phi) is 5.38. The highest BCUT2D eigenvalue weighted by Crippen LogP contribution is 2.16.